The molecule has 0 unspecified atom stereocenters. The largest absolute Gasteiger partial charge is 0.383 e. The summed E-state index contributed by atoms with van der Waals surface area (Å²) in [4.78, 5) is 9.54. The quantitative estimate of drug-likeness (QED) is 0.327. The lowest BCUT2D eigenvalue weighted by molar-refractivity contribution is 0.195. The van der Waals surface area contributed by atoms with Crippen LogP contribution >= 0.6 is 0 Å². The third kappa shape index (κ3) is 5.13. The molecule has 0 atom stereocenters. The van der Waals surface area contributed by atoms with Crippen molar-refractivity contribution >= 4 is 43.5 Å². The molecule has 1 heterocycles. The first-order valence-electron chi connectivity index (χ1n) is 12.9. The van der Waals surface area contributed by atoms with E-state index in [4.69, 9.17) is 5.73 Å². The molecular weight excluding hydrogens is 482 g/mol. The van der Waals surface area contributed by atoms with Crippen molar-refractivity contribution in [2.75, 3.05) is 24.6 Å². The monoisotopic (exact) mass is 517 g/mol. The van der Waals surface area contributed by atoms with Crippen molar-refractivity contribution in [2.45, 2.75) is 50.0 Å². The predicted molar refractivity (Wildman–Crippen MR) is 151 cm³/mol. The van der Waals surface area contributed by atoms with Crippen molar-refractivity contribution in [1.29, 1.82) is 0 Å². The Kier molecular flexibility index (Phi) is 6.81. The normalized spacial score (nSPS) is 18.9. The minimum absolute atomic E-state index is 0.221. The molecule has 1 saturated carbocycles. The highest BCUT2D eigenvalue weighted by atomic mass is 32.2. The van der Waals surface area contributed by atoms with Crippen LogP contribution < -0.4 is 11.1 Å². The summed E-state index contributed by atoms with van der Waals surface area (Å²) in [5.74, 6) is 1.77. The molecule has 8 heteroatoms. The molecule has 5 rings (SSSR count). The Bertz CT molecular complexity index is 1520. The van der Waals surface area contributed by atoms with Crippen LogP contribution in [0.15, 0.2) is 71.6 Å². The average molecular weight is 518 g/mol. The molecule has 194 valence electrons. The number of nitrogens with one attached hydrogen (secondary N) is 1. The van der Waals surface area contributed by atoms with Crippen LogP contribution in [0, 0.1) is 11.8 Å². The van der Waals surface area contributed by atoms with E-state index in [1.54, 1.807) is 13.1 Å². The summed E-state index contributed by atoms with van der Waals surface area (Å²) in [6, 6.07) is 20.9. The predicted octanol–water partition coefficient (Wildman–Crippen LogP) is 5.68. The van der Waals surface area contributed by atoms with Crippen LogP contribution in [-0.4, -0.2) is 41.8 Å². The smallest absolute Gasteiger partial charge is 0.243 e. The SMILES string of the molecule is CN(CC1CCC(C(C)(C)Nc2nc(N)c3ccccc3n2)CC1)S(=O)(=O)c1cccc2ccccc12. The molecule has 4 aromatic rings. The number of sulfonamides is 1. The summed E-state index contributed by atoms with van der Waals surface area (Å²) >= 11 is 0. The van der Waals surface area contributed by atoms with Gasteiger partial charge in [-0.3, -0.25) is 0 Å². The number of hydrogen-bond donors (Lipinski definition) is 2. The number of nitrogen functional groups attached to an aromatic ring is 1. The number of nitrogens with two attached hydrogens (primary N) is 1. The van der Waals surface area contributed by atoms with Crippen molar-refractivity contribution in [2.24, 2.45) is 11.8 Å². The van der Waals surface area contributed by atoms with E-state index < -0.39 is 10.0 Å². The zero-order valence-electron chi connectivity index (χ0n) is 21.7. The second-order valence-corrected chi connectivity index (χ2v) is 12.8. The van der Waals surface area contributed by atoms with Crippen LogP contribution in [0.4, 0.5) is 11.8 Å². The number of benzene rings is 3. The summed E-state index contributed by atoms with van der Waals surface area (Å²) < 4.78 is 28.5. The van der Waals surface area contributed by atoms with Gasteiger partial charge in [0.05, 0.1) is 10.4 Å². The van der Waals surface area contributed by atoms with Crippen molar-refractivity contribution in [3.63, 3.8) is 0 Å². The molecule has 7 nitrogen and oxygen atoms in total. The molecule has 0 radical (unpaired) electrons. The van der Waals surface area contributed by atoms with Gasteiger partial charge in [-0.2, -0.15) is 4.98 Å². The number of hydrogen-bond acceptors (Lipinski definition) is 6. The van der Waals surface area contributed by atoms with Crippen LogP contribution in [-0.2, 0) is 10.0 Å². The zero-order valence-corrected chi connectivity index (χ0v) is 22.5. The van der Waals surface area contributed by atoms with E-state index >= 15 is 0 Å². The maximum absolute atomic E-state index is 13.5. The van der Waals surface area contributed by atoms with E-state index in [1.807, 2.05) is 60.7 Å². The fraction of sp³-hybridized carbons (Fsp3) is 0.379. The molecule has 1 fully saturated rings. The summed E-state index contributed by atoms with van der Waals surface area (Å²) in [5.41, 5.74) is 6.79. The first kappa shape index (κ1) is 25.4. The van der Waals surface area contributed by atoms with E-state index in [0.29, 0.717) is 35.0 Å². The third-order valence-electron chi connectivity index (χ3n) is 7.89. The first-order chi connectivity index (χ1) is 17.6. The number of aromatic nitrogens is 2. The van der Waals surface area contributed by atoms with Crippen molar-refractivity contribution in [1.82, 2.24) is 14.3 Å². The van der Waals surface area contributed by atoms with Gasteiger partial charge in [0.2, 0.25) is 16.0 Å². The van der Waals surface area contributed by atoms with E-state index in [0.717, 1.165) is 47.4 Å². The van der Waals surface area contributed by atoms with Gasteiger partial charge in [-0.15, -0.1) is 0 Å². The number of fused-ring (bicyclic) bond motifs is 2. The summed E-state index contributed by atoms with van der Waals surface area (Å²) in [5, 5.41) is 6.09. The summed E-state index contributed by atoms with van der Waals surface area (Å²) in [7, 11) is -1.87. The van der Waals surface area contributed by atoms with E-state index in [2.05, 4.69) is 29.1 Å². The van der Waals surface area contributed by atoms with Gasteiger partial charge in [0, 0.05) is 29.9 Å². The lowest BCUT2D eigenvalue weighted by atomic mass is 9.73. The Morgan fingerprint density at radius 1 is 0.919 bits per heavy atom. The Labute approximate surface area is 219 Å². The molecule has 37 heavy (non-hydrogen) atoms. The molecule has 0 aliphatic heterocycles. The maximum atomic E-state index is 13.5. The Morgan fingerprint density at radius 2 is 1.57 bits per heavy atom. The first-order valence-corrected chi connectivity index (χ1v) is 14.3. The highest BCUT2D eigenvalue weighted by Crippen LogP contribution is 2.38. The van der Waals surface area contributed by atoms with Crippen LogP contribution in [0.3, 0.4) is 0 Å². The van der Waals surface area contributed by atoms with Crippen molar-refractivity contribution in [3.8, 4) is 0 Å². The van der Waals surface area contributed by atoms with Crippen LogP contribution in [0.1, 0.15) is 39.5 Å². The minimum Gasteiger partial charge on any atom is -0.383 e. The molecule has 3 aromatic carbocycles. The minimum atomic E-state index is -3.58. The molecule has 1 aliphatic rings. The molecule has 1 aromatic heterocycles. The van der Waals surface area contributed by atoms with Gasteiger partial charge in [0.25, 0.3) is 0 Å². The van der Waals surface area contributed by atoms with E-state index in [-0.39, 0.29) is 5.54 Å². The van der Waals surface area contributed by atoms with Crippen LogP contribution in [0.5, 0.6) is 0 Å². The fourth-order valence-electron chi connectivity index (χ4n) is 5.66. The number of anilines is 2. The van der Waals surface area contributed by atoms with Gasteiger partial charge in [0.1, 0.15) is 5.82 Å². The molecule has 0 amide bonds. The van der Waals surface area contributed by atoms with Crippen LogP contribution in [0.2, 0.25) is 0 Å². The van der Waals surface area contributed by atoms with Gasteiger partial charge in [0.15, 0.2) is 0 Å². The molecular formula is C29H35N5O2S. The Hall–Kier alpha value is -3.23. The topological polar surface area (TPSA) is 101 Å². The zero-order chi connectivity index (χ0) is 26.2. The average Bonchev–Trinajstić information content (AvgIpc) is 2.88. The van der Waals surface area contributed by atoms with Gasteiger partial charge in [-0.25, -0.2) is 17.7 Å². The molecule has 0 saturated heterocycles. The van der Waals surface area contributed by atoms with E-state index in [9.17, 15) is 8.42 Å². The number of para-hydroxylation sites is 1. The highest BCUT2D eigenvalue weighted by molar-refractivity contribution is 7.89. The molecule has 1 aliphatic carbocycles. The molecule has 0 spiro atoms. The third-order valence-corrected chi connectivity index (χ3v) is 9.77. The fourth-order valence-corrected chi connectivity index (χ4v) is 7.12. The molecule has 0 bridgehead atoms. The number of rotatable bonds is 7. The van der Waals surface area contributed by atoms with Gasteiger partial charge in [-0.05, 0) is 75.0 Å². The van der Waals surface area contributed by atoms with E-state index in [1.165, 1.54) is 4.31 Å². The van der Waals surface area contributed by atoms with Crippen LogP contribution in [0.25, 0.3) is 21.7 Å². The Morgan fingerprint density at radius 3 is 2.32 bits per heavy atom. The van der Waals surface area contributed by atoms with Crippen molar-refractivity contribution in [3.05, 3.63) is 66.7 Å². The van der Waals surface area contributed by atoms with Gasteiger partial charge >= 0.3 is 0 Å². The van der Waals surface area contributed by atoms with Gasteiger partial charge in [-0.1, -0.05) is 48.5 Å². The summed E-state index contributed by atoms with van der Waals surface area (Å²) in [6.07, 6.45) is 3.98. The van der Waals surface area contributed by atoms with Crippen molar-refractivity contribution < 1.29 is 8.42 Å². The maximum Gasteiger partial charge on any atom is 0.243 e. The lowest BCUT2D eigenvalue weighted by Crippen LogP contribution is -2.43. The number of nitrogens with zero attached hydrogens (tertiary/aromatic N) is 3. The Balaban J connectivity index is 1.23. The molecule has 3 N–H and O–H groups in total. The second kappa shape index (κ2) is 9.91. The van der Waals surface area contributed by atoms with Gasteiger partial charge < -0.3 is 11.1 Å². The lowest BCUT2D eigenvalue weighted by Gasteiger charge is -2.40. The highest BCUT2D eigenvalue weighted by Gasteiger charge is 2.35. The second-order valence-electron chi connectivity index (χ2n) is 10.8. The summed E-state index contributed by atoms with van der Waals surface area (Å²) in [6.45, 7) is 4.89. The standard InChI is InChI=1S/C29H35N5O2S/c1-29(2,33-28-31-25-13-7-6-12-24(25)27(30)32-28)22-17-15-20(16-18-22)19-34(3)37(35,36)26-14-8-10-21-9-4-5-11-23(21)26/h4-14,20,22H,15-19H2,1-3H3,(H3,30,31,32,33).